The Kier molecular flexibility index (Phi) is 5.10. The molecule has 0 saturated heterocycles. The quantitative estimate of drug-likeness (QED) is 0.858. The van der Waals surface area contributed by atoms with Gasteiger partial charge in [0.25, 0.3) is 0 Å². The van der Waals surface area contributed by atoms with E-state index in [4.69, 9.17) is 5.11 Å². The highest BCUT2D eigenvalue weighted by Crippen LogP contribution is 2.26. The Bertz CT molecular complexity index is 440. The fourth-order valence-electron chi connectivity index (χ4n) is 1.68. The second kappa shape index (κ2) is 6.36. The third-order valence-electron chi connectivity index (χ3n) is 3.33. The zero-order valence-electron chi connectivity index (χ0n) is 11.7. The van der Waals surface area contributed by atoms with Gasteiger partial charge in [0.1, 0.15) is 0 Å². The van der Waals surface area contributed by atoms with E-state index < -0.39 is 11.4 Å². The first kappa shape index (κ1) is 15.2. The number of hydrogen-bond donors (Lipinski definition) is 1. The minimum absolute atomic E-state index is 0.0394. The third-order valence-corrected chi connectivity index (χ3v) is 3.33. The highest BCUT2D eigenvalue weighted by Gasteiger charge is 2.31. The van der Waals surface area contributed by atoms with E-state index in [2.05, 4.69) is 0 Å². The monoisotopic (exact) mass is 263 g/mol. The van der Waals surface area contributed by atoms with Crippen molar-refractivity contribution >= 4 is 17.6 Å². The van der Waals surface area contributed by atoms with Gasteiger partial charge in [-0.3, -0.25) is 9.59 Å². The summed E-state index contributed by atoms with van der Waals surface area (Å²) >= 11 is 0. The van der Waals surface area contributed by atoms with E-state index in [0.29, 0.717) is 6.42 Å². The first-order valence-electron chi connectivity index (χ1n) is 6.47. The molecule has 1 aromatic carbocycles. The van der Waals surface area contributed by atoms with Gasteiger partial charge in [-0.2, -0.15) is 0 Å². The summed E-state index contributed by atoms with van der Waals surface area (Å²) in [7, 11) is 0. The Morgan fingerprint density at radius 3 is 2.26 bits per heavy atom. The molecule has 19 heavy (non-hydrogen) atoms. The molecule has 1 aromatic rings. The number of benzene rings is 1. The van der Waals surface area contributed by atoms with Crippen LogP contribution in [0.2, 0.25) is 0 Å². The zero-order chi connectivity index (χ0) is 14.5. The molecule has 0 bridgehead atoms. The average molecular weight is 263 g/mol. The SMILES string of the molecule is CCC(C)(C)C(=O)N(CCC(=O)O)c1ccccc1. The van der Waals surface area contributed by atoms with Crippen LogP contribution in [0.25, 0.3) is 0 Å². The zero-order valence-corrected chi connectivity index (χ0v) is 11.7. The van der Waals surface area contributed by atoms with Gasteiger partial charge in [-0.05, 0) is 18.6 Å². The van der Waals surface area contributed by atoms with Crippen LogP contribution in [0.1, 0.15) is 33.6 Å². The average Bonchev–Trinajstić information content (AvgIpc) is 2.39. The van der Waals surface area contributed by atoms with E-state index in [0.717, 1.165) is 5.69 Å². The van der Waals surface area contributed by atoms with Gasteiger partial charge in [-0.1, -0.05) is 39.0 Å². The highest BCUT2D eigenvalue weighted by atomic mass is 16.4. The number of carbonyl (C=O) groups excluding carboxylic acids is 1. The Morgan fingerprint density at radius 1 is 1.21 bits per heavy atom. The molecule has 0 atom stereocenters. The Morgan fingerprint density at radius 2 is 1.79 bits per heavy atom. The topological polar surface area (TPSA) is 57.6 Å². The van der Waals surface area contributed by atoms with Crippen LogP contribution in [0.3, 0.4) is 0 Å². The Balaban J connectivity index is 2.99. The molecule has 0 unspecified atom stereocenters. The highest BCUT2D eigenvalue weighted by molar-refractivity contribution is 5.97. The van der Waals surface area contributed by atoms with Gasteiger partial charge in [-0.25, -0.2) is 0 Å². The van der Waals surface area contributed by atoms with E-state index in [9.17, 15) is 9.59 Å². The van der Waals surface area contributed by atoms with Gasteiger partial charge in [0, 0.05) is 17.6 Å². The van der Waals surface area contributed by atoms with Crippen LogP contribution < -0.4 is 4.90 Å². The lowest BCUT2D eigenvalue weighted by Crippen LogP contribution is -2.42. The lowest BCUT2D eigenvalue weighted by Gasteiger charge is -2.31. The molecule has 0 aliphatic rings. The Hall–Kier alpha value is -1.84. The normalized spacial score (nSPS) is 11.1. The molecule has 4 heteroatoms. The molecule has 1 amide bonds. The van der Waals surface area contributed by atoms with Crippen LogP contribution in [-0.2, 0) is 9.59 Å². The molecule has 0 radical (unpaired) electrons. The summed E-state index contributed by atoms with van der Waals surface area (Å²) in [6, 6.07) is 9.20. The summed E-state index contributed by atoms with van der Waals surface area (Å²) in [5.74, 6) is -0.939. The van der Waals surface area contributed by atoms with Gasteiger partial charge in [0.2, 0.25) is 5.91 Å². The predicted octanol–water partition coefficient (Wildman–Crippen LogP) is 2.93. The molecule has 1 rings (SSSR count). The molecule has 0 aromatic heterocycles. The molecule has 1 N–H and O–H groups in total. The van der Waals surface area contributed by atoms with E-state index in [-0.39, 0.29) is 18.9 Å². The first-order chi connectivity index (χ1) is 8.88. The summed E-state index contributed by atoms with van der Waals surface area (Å²) in [6.45, 7) is 5.91. The van der Waals surface area contributed by atoms with E-state index >= 15 is 0 Å². The molecule has 0 heterocycles. The maximum absolute atomic E-state index is 12.5. The molecule has 0 aliphatic carbocycles. The van der Waals surface area contributed by atoms with Crippen LogP contribution in [0.5, 0.6) is 0 Å². The number of amides is 1. The second-order valence-corrected chi connectivity index (χ2v) is 5.17. The van der Waals surface area contributed by atoms with Crippen LogP contribution in [0.4, 0.5) is 5.69 Å². The maximum Gasteiger partial charge on any atom is 0.305 e. The van der Waals surface area contributed by atoms with Crippen LogP contribution in [-0.4, -0.2) is 23.5 Å². The summed E-state index contributed by atoms with van der Waals surface area (Å²) in [5, 5.41) is 8.81. The molecule has 0 aliphatic heterocycles. The van der Waals surface area contributed by atoms with E-state index in [1.165, 1.54) is 0 Å². The number of aliphatic carboxylic acids is 1. The third kappa shape index (κ3) is 4.09. The number of carboxylic acid groups (broad SMARTS) is 1. The smallest absolute Gasteiger partial charge is 0.305 e. The lowest BCUT2D eigenvalue weighted by molar-refractivity contribution is -0.136. The van der Waals surface area contributed by atoms with Crippen molar-refractivity contribution in [1.82, 2.24) is 0 Å². The fourth-order valence-corrected chi connectivity index (χ4v) is 1.68. The summed E-state index contributed by atoms with van der Waals surface area (Å²) in [5.41, 5.74) is 0.254. The van der Waals surface area contributed by atoms with Crippen molar-refractivity contribution in [2.45, 2.75) is 33.6 Å². The van der Waals surface area contributed by atoms with Gasteiger partial charge in [-0.15, -0.1) is 0 Å². The summed E-state index contributed by atoms with van der Waals surface area (Å²) in [4.78, 5) is 24.8. The van der Waals surface area contributed by atoms with Crippen molar-refractivity contribution in [3.05, 3.63) is 30.3 Å². The van der Waals surface area contributed by atoms with Crippen molar-refractivity contribution < 1.29 is 14.7 Å². The largest absolute Gasteiger partial charge is 0.481 e. The van der Waals surface area contributed by atoms with Crippen molar-refractivity contribution in [3.63, 3.8) is 0 Å². The van der Waals surface area contributed by atoms with Crippen LogP contribution in [0, 0.1) is 5.41 Å². The van der Waals surface area contributed by atoms with Crippen molar-refractivity contribution in [2.24, 2.45) is 5.41 Å². The maximum atomic E-state index is 12.5. The molecule has 0 fully saturated rings. The molecular formula is C15H21NO3. The minimum Gasteiger partial charge on any atom is -0.481 e. The number of hydrogen-bond acceptors (Lipinski definition) is 2. The van der Waals surface area contributed by atoms with Crippen molar-refractivity contribution in [1.29, 1.82) is 0 Å². The molecule has 0 saturated carbocycles. The van der Waals surface area contributed by atoms with Crippen LogP contribution >= 0.6 is 0 Å². The standard InChI is InChI=1S/C15H21NO3/c1-4-15(2,3)14(19)16(11-10-13(17)18)12-8-6-5-7-9-12/h5-9H,4,10-11H2,1-3H3,(H,17,18). The molecule has 4 nitrogen and oxygen atoms in total. The number of rotatable bonds is 6. The van der Waals surface area contributed by atoms with E-state index in [1.807, 2.05) is 51.1 Å². The number of anilines is 1. The molecule has 104 valence electrons. The Labute approximate surface area is 114 Å². The van der Waals surface area contributed by atoms with Gasteiger partial charge in [0.05, 0.1) is 6.42 Å². The molecular weight excluding hydrogens is 242 g/mol. The fraction of sp³-hybridized carbons (Fsp3) is 0.467. The number of nitrogens with zero attached hydrogens (tertiary/aromatic N) is 1. The first-order valence-corrected chi connectivity index (χ1v) is 6.47. The van der Waals surface area contributed by atoms with E-state index in [1.54, 1.807) is 4.90 Å². The van der Waals surface area contributed by atoms with Gasteiger partial charge >= 0.3 is 5.97 Å². The predicted molar refractivity (Wildman–Crippen MR) is 75.1 cm³/mol. The van der Waals surface area contributed by atoms with Crippen LogP contribution in [0.15, 0.2) is 30.3 Å². The lowest BCUT2D eigenvalue weighted by atomic mass is 9.88. The van der Waals surface area contributed by atoms with Gasteiger partial charge in [0.15, 0.2) is 0 Å². The van der Waals surface area contributed by atoms with Crippen molar-refractivity contribution in [3.8, 4) is 0 Å². The minimum atomic E-state index is -0.900. The second-order valence-electron chi connectivity index (χ2n) is 5.17. The number of para-hydroxylation sites is 1. The number of carbonyl (C=O) groups is 2. The number of carboxylic acids is 1. The van der Waals surface area contributed by atoms with Gasteiger partial charge < -0.3 is 10.0 Å². The summed E-state index contributed by atoms with van der Waals surface area (Å²) < 4.78 is 0. The summed E-state index contributed by atoms with van der Waals surface area (Å²) in [6.07, 6.45) is 0.655. The molecule has 0 spiro atoms. The van der Waals surface area contributed by atoms with Crippen molar-refractivity contribution in [2.75, 3.05) is 11.4 Å².